The minimum Gasteiger partial charge on any atom is -0.304 e. The van der Waals surface area contributed by atoms with Crippen LogP contribution in [0.5, 0.6) is 0 Å². The van der Waals surface area contributed by atoms with E-state index in [1.807, 2.05) is 0 Å². The van der Waals surface area contributed by atoms with Gasteiger partial charge in [0.15, 0.2) is 0 Å². The average molecular weight is 205 g/mol. The third kappa shape index (κ3) is 4.28. The van der Waals surface area contributed by atoms with Crippen molar-refractivity contribution in [2.45, 2.75) is 26.2 Å². The second-order valence-electron chi connectivity index (χ2n) is 3.88. The van der Waals surface area contributed by atoms with Crippen molar-refractivity contribution >= 4 is 6.08 Å². The molecule has 0 aliphatic carbocycles. The second kappa shape index (κ2) is 6.38. The predicted octanol–water partition coefficient (Wildman–Crippen LogP) is 3.10. The Hall–Kier alpha value is -1.12. The minimum atomic E-state index is 0.570. The summed E-state index contributed by atoms with van der Waals surface area (Å²) in [5, 5.41) is 0. The molecule has 2 heteroatoms. The lowest BCUT2D eigenvalue weighted by Crippen LogP contribution is -1.98. The molecule has 0 aliphatic rings. The van der Waals surface area contributed by atoms with Crippen LogP contribution in [0.3, 0.4) is 0 Å². The van der Waals surface area contributed by atoms with E-state index < -0.39 is 0 Å². The summed E-state index contributed by atoms with van der Waals surface area (Å²) in [6, 6.07) is 8.61. The van der Waals surface area contributed by atoms with E-state index in [4.69, 9.17) is 5.90 Å². The average Bonchev–Trinajstić information content (AvgIpc) is 2.25. The van der Waals surface area contributed by atoms with Crippen LogP contribution in [0.1, 0.15) is 37.3 Å². The highest BCUT2D eigenvalue weighted by Gasteiger charge is 1.96. The first-order valence-electron chi connectivity index (χ1n) is 5.32. The number of nitrogens with two attached hydrogens (primary N) is 1. The van der Waals surface area contributed by atoms with Crippen LogP contribution in [-0.2, 0) is 4.84 Å². The molecule has 1 aromatic carbocycles. The Morgan fingerprint density at radius 2 is 1.93 bits per heavy atom. The van der Waals surface area contributed by atoms with Gasteiger partial charge in [0, 0.05) is 0 Å². The number of hydrogen-bond donors (Lipinski definition) is 1. The maximum Gasteiger partial charge on any atom is 0.0713 e. The molecule has 0 radical (unpaired) electrons. The Labute approximate surface area is 91.7 Å². The van der Waals surface area contributed by atoms with Crippen LogP contribution in [-0.4, -0.2) is 6.61 Å². The van der Waals surface area contributed by atoms with Crippen molar-refractivity contribution in [1.29, 1.82) is 0 Å². The molecule has 0 bridgehead atoms. The summed E-state index contributed by atoms with van der Waals surface area (Å²) in [7, 11) is 0. The molecular formula is C13H19NO. The van der Waals surface area contributed by atoms with Gasteiger partial charge in [-0.1, -0.05) is 50.3 Å². The summed E-state index contributed by atoms with van der Waals surface area (Å²) in [5.41, 5.74) is 2.59. The molecule has 0 amide bonds. The van der Waals surface area contributed by atoms with E-state index in [2.05, 4.69) is 55.1 Å². The number of rotatable bonds is 5. The summed E-state index contributed by atoms with van der Waals surface area (Å²) in [4.78, 5) is 4.48. The molecular weight excluding hydrogens is 186 g/mol. The van der Waals surface area contributed by atoms with Crippen LogP contribution in [0.2, 0.25) is 0 Å². The molecule has 15 heavy (non-hydrogen) atoms. The van der Waals surface area contributed by atoms with Crippen molar-refractivity contribution in [3.63, 3.8) is 0 Å². The van der Waals surface area contributed by atoms with Gasteiger partial charge in [-0.25, -0.2) is 5.90 Å². The lowest BCUT2D eigenvalue weighted by molar-refractivity contribution is 0.143. The minimum absolute atomic E-state index is 0.570. The van der Waals surface area contributed by atoms with Crippen molar-refractivity contribution < 1.29 is 4.84 Å². The van der Waals surface area contributed by atoms with Gasteiger partial charge in [0.2, 0.25) is 0 Å². The summed E-state index contributed by atoms with van der Waals surface area (Å²) >= 11 is 0. The quantitative estimate of drug-likeness (QED) is 0.592. The van der Waals surface area contributed by atoms with Crippen molar-refractivity contribution in [2.24, 2.45) is 5.90 Å². The highest BCUT2D eigenvalue weighted by atomic mass is 16.6. The molecule has 2 N–H and O–H groups in total. The van der Waals surface area contributed by atoms with Gasteiger partial charge in [0.25, 0.3) is 0 Å². The molecule has 2 nitrogen and oxygen atoms in total. The van der Waals surface area contributed by atoms with Crippen molar-refractivity contribution in [3.8, 4) is 0 Å². The zero-order valence-electron chi connectivity index (χ0n) is 9.44. The Kier molecular flexibility index (Phi) is 5.08. The molecule has 82 valence electrons. The van der Waals surface area contributed by atoms with Gasteiger partial charge >= 0.3 is 0 Å². The number of benzene rings is 1. The van der Waals surface area contributed by atoms with Crippen LogP contribution >= 0.6 is 0 Å². The molecule has 1 aromatic rings. The first-order valence-corrected chi connectivity index (χ1v) is 5.32. The van der Waals surface area contributed by atoms with E-state index in [1.54, 1.807) is 0 Å². The summed E-state index contributed by atoms with van der Waals surface area (Å²) in [6.45, 7) is 4.97. The molecule has 1 rings (SSSR count). The monoisotopic (exact) mass is 205 g/mol. The van der Waals surface area contributed by atoms with E-state index in [-0.39, 0.29) is 0 Å². The van der Waals surface area contributed by atoms with E-state index in [0.29, 0.717) is 12.5 Å². The van der Waals surface area contributed by atoms with Gasteiger partial charge in [-0.2, -0.15) is 0 Å². The molecule has 0 saturated heterocycles. The Morgan fingerprint density at radius 1 is 1.27 bits per heavy atom. The first-order chi connectivity index (χ1) is 7.24. The molecule has 0 aromatic heterocycles. The Bertz CT molecular complexity index is 301. The van der Waals surface area contributed by atoms with Crippen LogP contribution in [0.15, 0.2) is 30.3 Å². The third-order valence-electron chi connectivity index (χ3n) is 2.32. The van der Waals surface area contributed by atoms with Gasteiger partial charge in [0.1, 0.15) is 0 Å². The lowest BCUT2D eigenvalue weighted by Gasteiger charge is -2.04. The van der Waals surface area contributed by atoms with Gasteiger partial charge < -0.3 is 4.84 Å². The van der Waals surface area contributed by atoms with Gasteiger partial charge in [-0.05, 0) is 23.5 Å². The molecule has 0 aliphatic heterocycles. The van der Waals surface area contributed by atoms with Crippen LogP contribution in [0.4, 0.5) is 0 Å². The highest BCUT2D eigenvalue weighted by Crippen LogP contribution is 2.15. The summed E-state index contributed by atoms with van der Waals surface area (Å²) in [6.07, 6.45) is 5.00. The van der Waals surface area contributed by atoms with E-state index in [0.717, 1.165) is 6.42 Å². The van der Waals surface area contributed by atoms with Gasteiger partial charge in [-0.3, -0.25) is 0 Å². The van der Waals surface area contributed by atoms with Crippen molar-refractivity contribution in [3.05, 3.63) is 41.5 Å². The lowest BCUT2D eigenvalue weighted by atomic mass is 10.0. The zero-order valence-corrected chi connectivity index (χ0v) is 9.44. The van der Waals surface area contributed by atoms with E-state index in [1.165, 1.54) is 11.1 Å². The summed E-state index contributed by atoms with van der Waals surface area (Å²) < 4.78 is 0. The smallest absolute Gasteiger partial charge is 0.0713 e. The standard InChI is InChI=1S/C13H19NO/c1-11(2)13-8-6-12(7-9-13)5-3-4-10-15-14/h3,5-9,11H,4,10,14H2,1-2H3/b5-3+. The first kappa shape index (κ1) is 12.0. The van der Waals surface area contributed by atoms with Gasteiger partial charge in [-0.15, -0.1) is 0 Å². The van der Waals surface area contributed by atoms with E-state index >= 15 is 0 Å². The van der Waals surface area contributed by atoms with Crippen molar-refractivity contribution in [2.75, 3.05) is 6.61 Å². The molecule has 0 unspecified atom stereocenters. The molecule has 0 atom stereocenters. The van der Waals surface area contributed by atoms with Crippen molar-refractivity contribution in [1.82, 2.24) is 0 Å². The molecule has 0 heterocycles. The predicted molar refractivity (Wildman–Crippen MR) is 64.3 cm³/mol. The normalized spacial score (nSPS) is 11.5. The van der Waals surface area contributed by atoms with Crippen LogP contribution < -0.4 is 5.90 Å². The SMILES string of the molecule is CC(C)c1ccc(/C=C/CCON)cc1. The fourth-order valence-corrected chi connectivity index (χ4v) is 1.35. The second-order valence-corrected chi connectivity index (χ2v) is 3.88. The maximum absolute atomic E-state index is 4.93. The molecule has 0 spiro atoms. The zero-order chi connectivity index (χ0) is 11.1. The largest absolute Gasteiger partial charge is 0.304 e. The molecule has 0 fully saturated rings. The topological polar surface area (TPSA) is 35.2 Å². The van der Waals surface area contributed by atoms with Gasteiger partial charge in [0.05, 0.1) is 6.61 Å². The van der Waals surface area contributed by atoms with Crippen LogP contribution in [0, 0.1) is 0 Å². The summed E-state index contributed by atoms with van der Waals surface area (Å²) in [5.74, 6) is 5.52. The Morgan fingerprint density at radius 3 is 2.47 bits per heavy atom. The number of hydrogen-bond acceptors (Lipinski definition) is 2. The van der Waals surface area contributed by atoms with E-state index in [9.17, 15) is 0 Å². The Balaban J connectivity index is 2.53. The fraction of sp³-hybridized carbons (Fsp3) is 0.385. The highest BCUT2D eigenvalue weighted by molar-refractivity contribution is 5.49. The third-order valence-corrected chi connectivity index (χ3v) is 2.32. The van der Waals surface area contributed by atoms with Crippen LogP contribution in [0.25, 0.3) is 6.08 Å². The fourth-order valence-electron chi connectivity index (χ4n) is 1.35. The maximum atomic E-state index is 4.93. The molecule has 0 saturated carbocycles.